The molecule has 13 nitrogen and oxygen atoms in total. The van der Waals surface area contributed by atoms with Gasteiger partial charge in [-0.3, -0.25) is 19.4 Å². The quantitative estimate of drug-likeness (QED) is 0.149. The van der Waals surface area contributed by atoms with E-state index in [-0.39, 0.29) is 81.3 Å². The first-order valence-corrected chi connectivity index (χ1v) is 20.2. The molecule has 62 heavy (non-hydrogen) atoms. The number of amides is 4. The molecule has 7 rings (SSSR count). The highest BCUT2D eigenvalue weighted by Crippen LogP contribution is 2.36. The number of carbonyl (C=O) groups is 4. The van der Waals surface area contributed by atoms with E-state index in [1.807, 2.05) is 57.0 Å². The second-order valence-electron chi connectivity index (χ2n) is 16.3. The number of aliphatic imine (C=N–C) groups is 1. The van der Waals surface area contributed by atoms with Gasteiger partial charge in [0.05, 0.1) is 37.5 Å². The van der Waals surface area contributed by atoms with Gasteiger partial charge >= 0.3 is 12.2 Å². The predicted molar refractivity (Wildman–Crippen MR) is 255 cm³/mol. The summed E-state index contributed by atoms with van der Waals surface area (Å²) in [5.74, 6) is -1.78. The molecule has 2 fully saturated rings. The van der Waals surface area contributed by atoms with E-state index >= 15 is 4.39 Å². The van der Waals surface area contributed by atoms with E-state index in [0.29, 0.717) is 37.9 Å². The molecule has 0 aliphatic carbocycles. The Kier molecular flexibility index (Phi) is 16.7. The van der Waals surface area contributed by atoms with Gasteiger partial charge in [0.2, 0.25) is 17.2 Å². The Balaban J connectivity index is 0.00000282. The molecule has 3 aliphatic rings. The van der Waals surface area contributed by atoms with Gasteiger partial charge in [-0.05, 0) is 94.8 Å². The molecular formula is C45H57FN6O7S3. The minimum absolute atomic E-state index is 0. The Morgan fingerprint density at radius 2 is 1.24 bits per heavy atom. The number of allylic oxidation sites excluding steroid dienone is 1. The summed E-state index contributed by atoms with van der Waals surface area (Å²) in [6.07, 6.45) is 3.86. The Hall–Kier alpha value is -5.00. The van der Waals surface area contributed by atoms with E-state index in [0.717, 1.165) is 51.6 Å². The smallest absolute Gasteiger partial charge is 0.407 e. The third-order valence-corrected chi connectivity index (χ3v) is 11.8. The number of H-pyrrole nitrogens is 1. The number of aromatic nitrogens is 1. The first-order valence-electron chi connectivity index (χ1n) is 20.2. The van der Waals surface area contributed by atoms with Crippen molar-refractivity contribution in [3.05, 3.63) is 88.1 Å². The van der Waals surface area contributed by atoms with Gasteiger partial charge in [0.1, 0.15) is 12.1 Å². The summed E-state index contributed by atoms with van der Waals surface area (Å²) < 4.78 is 25.3. The number of benzene rings is 3. The number of halogens is 1. The number of methoxy groups -OCH3 is 2. The monoisotopic (exact) mass is 908 g/mol. The summed E-state index contributed by atoms with van der Waals surface area (Å²) in [7, 11) is 2.51. The first-order chi connectivity index (χ1) is 28.3. The number of alkyl carbamates (subject to hydrolysis) is 2. The maximum atomic E-state index is 15.8. The topological polar surface area (TPSA) is 162 Å². The molecule has 0 spiro atoms. The van der Waals surface area contributed by atoms with Crippen molar-refractivity contribution >= 4 is 97.4 Å². The van der Waals surface area contributed by atoms with E-state index in [9.17, 15) is 24.0 Å². The summed E-state index contributed by atoms with van der Waals surface area (Å²) in [4.78, 5) is 76.1. The highest BCUT2D eigenvalue weighted by Gasteiger charge is 2.40. The average molecular weight is 909 g/mol. The van der Waals surface area contributed by atoms with E-state index in [4.69, 9.17) is 14.5 Å². The molecule has 3 N–H and O–H groups in total. The number of fused-ring (bicyclic) bond motifs is 2. The number of nitrogens with one attached hydrogen (secondary N) is 3. The lowest BCUT2D eigenvalue weighted by Gasteiger charge is -2.31. The van der Waals surface area contributed by atoms with Crippen LogP contribution in [0.25, 0.3) is 38.4 Å². The van der Waals surface area contributed by atoms with Crippen LogP contribution in [0.2, 0.25) is 0 Å². The fourth-order valence-corrected chi connectivity index (χ4v) is 8.61. The Labute approximate surface area is 381 Å². The zero-order valence-corrected chi connectivity index (χ0v) is 38.8. The van der Waals surface area contributed by atoms with Crippen molar-refractivity contribution < 1.29 is 33.0 Å². The summed E-state index contributed by atoms with van der Waals surface area (Å²) in [5.41, 5.74) is 4.52. The van der Waals surface area contributed by atoms with Crippen LogP contribution in [0.3, 0.4) is 0 Å². The highest BCUT2D eigenvalue weighted by molar-refractivity contribution is 7.59. The molecule has 4 atom stereocenters. The number of likely N-dealkylation sites (tertiary alicyclic amines) is 2. The van der Waals surface area contributed by atoms with Crippen molar-refractivity contribution in [2.24, 2.45) is 16.8 Å². The van der Waals surface area contributed by atoms with Gasteiger partial charge in [0.25, 0.3) is 0 Å². The van der Waals surface area contributed by atoms with Crippen molar-refractivity contribution in [3.63, 3.8) is 0 Å². The van der Waals surface area contributed by atoms with Gasteiger partial charge in [0.15, 0.2) is 5.82 Å². The molecule has 0 bridgehead atoms. The fraction of sp³-hybridized carbons (Fsp3) is 0.422. The molecule has 1 aromatic heterocycles. The van der Waals surface area contributed by atoms with Gasteiger partial charge < -0.3 is 34.9 Å². The lowest BCUT2D eigenvalue weighted by Crippen LogP contribution is -2.53. The number of rotatable bonds is 10. The zero-order valence-electron chi connectivity index (χ0n) is 35.8. The van der Waals surface area contributed by atoms with Crippen LogP contribution in [0.4, 0.5) is 14.0 Å². The van der Waals surface area contributed by atoms with Gasteiger partial charge in [0, 0.05) is 36.8 Å². The van der Waals surface area contributed by atoms with E-state index < -0.39 is 41.6 Å². The second-order valence-corrected chi connectivity index (χ2v) is 16.3. The molecule has 1 unspecified atom stereocenters. The predicted octanol–water partition coefficient (Wildman–Crippen LogP) is 7.43. The van der Waals surface area contributed by atoms with Gasteiger partial charge in [-0.25, -0.2) is 14.0 Å². The van der Waals surface area contributed by atoms with Gasteiger partial charge in [-0.2, -0.15) is 40.5 Å². The van der Waals surface area contributed by atoms with E-state index in [1.54, 1.807) is 12.1 Å². The third-order valence-electron chi connectivity index (χ3n) is 11.8. The second kappa shape index (κ2) is 20.9. The molecule has 2 saturated heterocycles. The SMILES string of the molecule is COC(=O)N[C@H](C(=O)N1CCCC1c1[nH]c2cc(-c3ccc4cc(C5=CN=C([C@@H]6CCCN6C(=O)[C@@H](NC(=O)OC)C(C)C)C5)ccc4c3)ccc2c(=O)c1F)C(C)C.S.S.S. The van der Waals surface area contributed by atoms with Crippen molar-refractivity contribution in [2.75, 3.05) is 27.3 Å². The number of nitrogens with zero attached hydrogens (tertiary/aromatic N) is 3. The first kappa shape index (κ1) is 49.7. The number of aromatic amines is 1. The van der Waals surface area contributed by atoms with Crippen molar-refractivity contribution in [1.82, 2.24) is 25.4 Å². The van der Waals surface area contributed by atoms with Crippen LogP contribution in [0.1, 0.15) is 77.1 Å². The number of hydrogen-bond acceptors (Lipinski definition) is 8. The molecule has 0 saturated carbocycles. The number of ether oxygens (including phenoxy) is 2. The highest BCUT2D eigenvalue weighted by atomic mass is 32.1. The zero-order chi connectivity index (χ0) is 42.1. The number of carbonyl (C=O) groups excluding carboxylic acids is 4. The van der Waals surface area contributed by atoms with Crippen LogP contribution in [0.5, 0.6) is 0 Å². The molecular weight excluding hydrogens is 852 g/mol. The summed E-state index contributed by atoms with van der Waals surface area (Å²) >= 11 is 0. The van der Waals surface area contributed by atoms with Crippen molar-refractivity contribution in [1.29, 1.82) is 0 Å². The maximum Gasteiger partial charge on any atom is 0.407 e. The standard InChI is InChI=1S/C45H51FN6O7.3H2S/c1-24(2)38(49-44(56)58-5)42(54)51-17-7-9-35(51)34-22-31(23-47-34)29-14-13-26-19-28(12-11-27(26)20-29)30-15-16-32-33(21-30)48-40(37(46)41(32)53)36-10-8-18-52(36)43(55)39(25(3)4)50-45(57)59-6;;;/h11-16,19-21,23-25,35-36,38-39H,7-10,17-18,22H2,1-6H3,(H,48,53)(H,49,56)(H,50,57);3*1H2/t35-,36?,38-,39-;;;/m0.../s1. The van der Waals surface area contributed by atoms with Crippen LogP contribution in [0, 0.1) is 17.7 Å². The molecule has 4 heterocycles. The average Bonchev–Trinajstić information content (AvgIpc) is 4.04. The Morgan fingerprint density at radius 3 is 1.81 bits per heavy atom. The normalized spacial score (nSPS) is 18.0. The summed E-state index contributed by atoms with van der Waals surface area (Å²) in [6, 6.07) is 15.2. The maximum absolute atomic E-state index is 15.8. The van der Waals surface area contributed by atoms with Gasteiger partial charge in [-0.15, -0.1) is 0 Å². The molecule has 4 amide bonds. The Morgan fingerprint density at radius 1 is 0.742 bits per heavy atom. The molecule has 4 aromatic rings. The molecule has 3 aromatic carbocycles. The largest absolute Gasteiger partial charge is 0.453 e. The lowest BCUT2D eigenvalue weighted by molar-refractivity contribution is -0.135. The molecule has 334 valence electrons. The van der Waals surface area contributed by atoms with Crippen LogP contribution in [0.15, 0.2) is 70.6 Å². The lowest BCUT2D eigenvalue weighted by atomic mass is 9.94. The summed E-state index contributed by atoms with van der Waals surface area (Å²) in [5, 5.41) is 7.54. The van der Waals surface area contributed by atoms with E-state index in [1.165, 1.54) is 19.1 Å². The number of pyridine rings is 1. The minimum atomic E-state index is -0.921. The van der Waals surface area contributed by atoms with E-state index in [2.05, 4.69) is 39.9 Å². The van der Waals surface area contributed by atoms with Crippen LogP contribution < -0.4 is 16.1 Å². The Bertz CT molecular complexity index is 2460. The third kappa shape index (κ3) is 9.94. The minimum Gasteiger partial charge on any atom is -0.453 e. The number of hydrogen-bond donors (Lipinski definition) is 3. The van der Waals surface area contributed by atoms with Crippen molar-refractivity contribution in [3.8, 4) is 11.1 Å². The van der Waals surface area contributed by atoms with Crippen LogP contribution in [-0.2, 0) is 19.1 Å². The van der Waals surface area contributed by atoms with Gasteiger partial charge in [-0.1, -0.05) is 58.0 Å². The fourth-order valence-electron chi connectivity index (χ4n) is 8.61. The molecule has 0 radical (unpaired) electrons. The van der Waals surface area contributed by atoms with Crippen LogP contribution in [-0.4, -0.2) is 89.9 Å². The molecule has 3 aliphatic heterocycles. The van der Waals surface area contributed by atoms with Crippen LogP contribution >= 0.6 is 40.5 Å². The molecule has 17 heteroatoms. The van der Waals surface area contributed by atoms with Crippen molar-refractivity contribution in [2.45, 2.75) is 84.0 Å². The summed E-state index contributed by atoms with van der Waals surface area (Å²) in [6.45, 7) is 8.37.